The second kappa shape index (κ2) is 9.27. The van der Waals surface area contributed by atoms with E-state index >= 15 is 0 Å². The number of rotatable bonds is 7. The quantitative estimate of drug-likeness (QED) is 0.486. The van der Waals surface area contributed by atoms with Crippen molar-refractivity contribution in [1.29, 1.82) is 5.26 Å². The predicted molar refractivity (Wildman–Crippen MR) is 103 cm³/mol. The molecular weight excluding hydrogens is 422 g/mol. The summed E-state index contributed by atoms with van der Waals surface area (Å²) >= 11 is 9.59. The lowest BCUT2D eigenvalue weighted by molar-refractivity contribution is -0.139. The molecule has 0 atom stereocenters. The molecule has 0 unspecified atom stereocenters. The van der Waals surface area contributed by atoms with E-state index in [1.165, 1.54) is 0 Å². The summed E-state index contributed by atoms with van der Waals surface area (Å²) in [5, 5.41) is 18.5. The predicted octanol–water partition coefficient (Wildman–Crippen LogP) is 5.03. The highest BCUT2D eigenvalue weighted by molar-refractivity contribution is 9.10. The van der Waals surface area contributed by atoms with Gasteiger partial charge in [-0.05, 0) is 48.4 Å². The highest BCUT2D eigenvalue weighted by Crippen LogP contribution is 2.37. The lowest BCUT2D eigenvalue weighted by atomic mass is 10.0. The van der Waals surface area contributed by atoms with E-state index in [9.17, 15) is 10.1 Å². The first-order chi connectivity index (χ1) is 12.4. The second-order valence-corrected chi connectivity index (χ2v) is 6.44. The van der Waals surface area contributed by atoms with Crippen LogP contribution in [0.2, 0.25) is 5.02 Å². The smallest absolute Gasteiger partial charge is 0.341 e. The Kier molecular flexibility index (Phi) is 7.07. The largest absolute Gasteiger partial charge is 0.490 e. The van der Waals surface area contributed by atoms with E-state index in [0.717, 1.165) is 10.0 Å². The number of carboxylic acid groups (broad SMARTS) is 1. The molecule has 0 radical (unpaired) electrons. The van der Waals surface area contributed by atoms with Gasteiger partial charge in [0.1, 0.15) is 0 Å². The summed E-state index contributed by atoms with van der Waals surface area (Å²) in [5.41, 5.74) is 1.85. The molecule has 0 fully saturated rings. The van der Waals surface area contributed by atoms with E-state index in [1.54, 1.807) is 25.1 Å². The van der Waals surface area contributed by atoms with E-state index in [4.69, 9.17) is 26.2 Å². The van der Waals surface area contributed by atoms with E-state index in [-0.39, 0.29) is 10.8 Å². The third-order valence-corrected chi connectivity index (χ3v) is 4.07. The van der Waals surface area contributed by atoms with Gasteiger partial charge in [0.05, 0.1) is 23.3 Å². The van der Waals surface area contributed by atoms with Crippen molar-refractivity contribution < 1.29 is 19.4 Å². The van der Waals surface area contributed by atoms with Gasteiger partial charge in [-0.15, -0.1) is 0 Å². The molecule has 0 aromatic heterocycles. The van der Waals surface area contributed by atoms with Gasteiger partial charge in [-0.2, -0.15) is 5.26 Å². The average molecular weight is 437 g/mol. The molecule has 0 aliphatic carbocycles. The lowest BCUT2D eigenvalue weighted by Crippen LogP contribution is -2.10. The van der Waals surface area contributed by atoms with E-state index in [2.05, 4.69) is 22.0 Å². The van der Waals surface area contributed by atoms with Gasteiger partial charge in [-0.25, -0.2) is 4.79 Å². The average Bonchev–Trinajstić information content (AvgIpc) is 2.60. The number of allylic oxidation sites excluding steroid dienone is 1. The Morgan fingerprint density at radius 1 is 1.31 bits per heavy atom. The van der Waals surface area contributed by atoms with Gasteiger partial charge in [0, 0.05) is 4.47 Å². The van der Waals surface area contributed by atoms with Crippen LogP contribution < -0.4 is 9.47 Å². The summed E-state index contributed by atoms with van der Waals surface area (Å²) in [4.78, 5) is 10.7. The number of aliphatic carboxylic acids is 1. The molecule has 7 heteroatoms. The number of ether oxygens (including phenoxy) is 2. The van der Waals surface area contributed by atoms with Gasteiger partial charge in [0.2, 0.25) is 0 Å². The molecule has 0 aliphatic rings. The van der Waals surface area contributed by atoms with E-state index in [1.807, 2.05) is 24.3 Å². The summed E-state index contributed by atoms with van der Waals surface area (Å²) in [6.07, 6.45) is 1.68. The number of hydrogen-bond acceptors (Lipinski definition) is 4. The zero-order valence-corrected chi connectivity index (χ0v) is 16.2. The van der Waals surface area contributed by atoms with Gasteiger partial charge < -0.3 is 14.6 Å². The summed E-state index contributed by atoms with van der Waals surface area (Å²) in [5.74, 6) is -0.634. The van der Waals surface area contributed by atoms with Crippen molar-refractivity contribution in [1.82, 2.24) is 0 Å². The first-order valence-corrected chi connectivity index (χ1v) is 8.80. The molecule has 26 heavy (non-hydrogen) atoms. The Bertz CT molecular complexity index is 872. The topological polar surface area (TPSA) is 79.5 Å². The maximum atomic E-state index is 10.7. The van der Waals surface area contributed by atoms with Crippen molar-refractivity contribution in [3.63, 3.8) is 0 Å². The second-order valence-electron chi connectivity index (χ2n) is 5.12. The first-order valence-electron chi connectivity index (χ1n) is 7.63. The molecule has 134 valence electrons. The molecule has 0 heterocycles. The molecule has 5 nitrogen and oxygen atoms in total. The minimum atomic E-state index is -1.12. The van der Waals surface area contributed by atoms with Crippen LogP contribution in [0.25, 0.3) is 11.6 Å². The van der Waals surface area contributed by atoms with Gasteiger partial charge >= 0.3 is 5.97 Å². The maximum absolute atomic E-state index is 10.7. The SMILES string of the molecule is CCOc1cc(/C=C(\C#N)c2ccc(Br)cc2)cc(Cl)c1OCC(=O)O. The number of halogens is 2. The molecule has 0 saturated carbocycles. The fourth-order valence-corrected chi connectivity index (χ4v) is 2.72. The van der Waals surface area contributed by atoms with E-state index in [0.29, 0.717) is 23.5 Å². The van der Waals surface area contributed by atoms with Crippen LogP contribution in [0.1, 0.15) is 18.1 Å². The third-order valence-electron chi connectivity index (χ3n) is 3.26. The van der Waals surface area contributed by atoms with Crippen molar-refractivity contribution in [3.05, 3.63) is 57.0 Å². The van der Waals surface area contributed by atoms with Gasteiger partial charge in [0.15, 0.2) is 18.1 Å². The van der Waals surface area contributed by atoms with E-state index < -0.39 is 12.6 Å². The Morgan fingerprint density at radius 3 is 2.58 bits per heavy atom. The zero-order chi connectivity index (χ0) is 19.1. The number of carboxylic acids is 1. The molecule has 0 amide bonds. The first kappa shape index (κ1) is 19.8. The number of hydrogen-bond donors (Lipinski definition) is 1. The highest BCUT2D eigenvalue weighted by Gasteiger charge is 2.14. The van der Waals surface area contributed by atoms with Crippen LogP contribution in [0.15, 0.2) is 40.9 Å². The normalized spacial score (nSPS) is 10.9. The minimum absolute atomic E-state index is 0.162. The Hall–Kier alpha value is -2.49. The van der Waals surface area contributed by atoms with Crippen LogP contribution in [0.3, 0.4) is 0 Å². The maximum Gasteiger partial charge on any atom is 0.341 e. The van der Waals surface area contributed by atoms with Crippen molar-refractivity contribution in [2.75, 3.05) is 13.2 Å². The molecule has 0 aliphatic heterocycles. The van der Waals surface area contributed by atoms with Crippen LogP contribution >= 0.6 is 27.5 Å². The minimum Gasteiger partial charge on any atom is -0.490 e. The van der Waals surface area contributed by atoms with Crippen LogP contribution in [0, 0.1) is 11.3 Å². The van der Waals surface area contributed by atoms with Crippen molar-refractivity contribution in [2.24, 2.45) is 0 Å². The summed E-state index contributed by atoms with van der Waals surface area (Å²) in [6, 6.07) is 12.8. The molecule has 0 saturated heterocycles. The molecule has 2 aromatic carbocycles. The number of carbonyl (C=O) groups is 1. The molecule has 0 spiro atoms. The Morgan fingerprint density at radius 2 is 2.00 bits per heavy atom. The monoisotopic (exact) mass is 435 g/mol. The zero-order valence-electron chi connectivity index (χ0n) is 13.8. The molecular formula is C19H15BrClNO4. The van der Waals surface area contributed by atoms with Crippen LogP contribution in [-0.4, -0.2) is 24.3 Å². The van der Waals surface area contributed by atoms with Crippen molar-refractivity contribution in [3.8, 4) is 17.6 Å². The lowest BCUT2D eigenvalue weighted by Gasteiger charge is -2.13. The summed E-state index contributed by atoms with van der Waals surface area (Å²) in [6.45, 7) is 1.61. The fourth-order valence-electron chi connectivity index (χ4n) is 2.18. The summed E-state index contributed by atoms with van der Waals surface area (Å²) in [7, 11) is 0. The molecule has 2 rings (SSSR count). The van der Waals surface area contributed by atoms with Gasteiger partial charge in [0.25, 0.3) is 0 Å². The van der Waals surface area contributed by atoms with Gasteiger partial charge in [-0.1, -0.05) is 39.7 Å². The molecule has 0 bridgehead atoms. The highest BCUT2D eigenvalue weighted by atomic mass is 79.9. The van der Waals surface area contributed by atoms with Crippen LogP contribution in [-0.2, 0) is 4.79 Å². The number of benzene rings is 2. The standard InChI is InChI=1S/C19H15BrClNO4/c1-2-25-17-9-12(8-16(21)19(17)26-11-18(23)24)7-14(10-22)13-3-5-15(20)6-4-13/h3-9H,2,11H2,1H3,(H,23,24)/b14-7+. The fraction of sp³-hybridized carbons (Fsp3) is 0.158. The van der Waals surface area contributed by atoms with Crippen LogP contribution in [0.5, 0.6) is 11.5 Å². The van der Waals surface area contributed by atoms with Crippen molar-refractivity contribution in [2.45, 2.75) is 6.92 Å². The Labute approximate surface area is 164 Å². The van der Waals surface area contributed by atoms with Crippen molar-refractivity contribution >= 4 is 45.1 Å². The number of nitrogens with zero attached hydrogens (tertiary/aromatic N) is 1. The van der Waals surface area contributed by atoms with Crippen LogP contribution in [0.4, 0.5) is 0 Å². The summed E-state index contributed by atoms with van der Waals surface area (Å²) < 4.78 is 11.6. The Balaban J connectivity index is 2.43. The molecule has 1 N–H and O–H groups in total. The third kappa shape index (κ3) is 5.25. The van der Waals surface area contributed by atoms with Gasteiger partial charge in [-0.3, -0.25) is 0 Å². The number of nitriles is 1. The molecule has 2 aromatic rings.